The molecule has 1 fully saturated rings. The summed E-state index contributed by atoms with van der Waals surface area (Å²) < 4.78 is 18.4. The van der Waals surface area contributed by atoms with Crippen molar-refractivity contribution in [2.45, 2.75) is 38.6 Å². The maximum atomic E-state index is 13.1. The fourth-order valence-corrected chi connectivity index (χ4v) is 4.95. The van der Waals surface area contributed by atoms with E-state index in [-0.39, 0.29) is 31.9 Å². The van der Waals surface area contributed by atoms with E-state index in [0.29, 0.717) is 16.9 Å². The highest BCUT2D eigenvalue weighted by Gasteiger charge is 2.37. The van der Waals surface area contributed by atoms with Gasteiger partial charge in [-0.2, -0.15) is 0 Å². The molecule has 2 aliphatic rings. The zero-order chi connectivity index (χ0) is 26.6. The zero-order valence-electron chi connectivity index (χ0n) is 21.3. The molecule has 11 nitrogen and oxygen atoms in total. The number of aromatic nitrogens is 2. The molecule has 0 bridgehead atoms. The minimum absolute atomic E-state index is 0.0160. The van der Waals surface area contributed by atoms with E-state index in [0.717, 1.165) is 49.8 Å². The molecule has 2 amide bonds. The molecular formula is C27H31N5O6. The van der Waals surface area contributed by atoms with Gasteiger partial charge in [0.15, 0.2) is 0 Å². The van der Waals surface area contributed by atoms with Crippen molar-refractivity contribution in [3.05, 3.63) is 65.1 Å². The second-order valence-corrected chi connectivity index (χ2v) is 9.44. The number of ether oxygens (including phenoxy) is 3. The first-order valence-electron chi connectivity index (χ1n) is 12.6. The Bertz CT molecular complexity index is 1350. The van der Waals surface area contributed by atoms with Gasteiger partial charge < -0.3 is 29.2 Å². The molecule has 3 aromatic rings. The topological polar surface area (TPSA) is 129 Å². The molecule has 2 N–H and O–H groups in total. The van der Waals surface area contributed by atoms with Crippen molar-refractivity contribution in [1.82, 2.24) is 19.2 Å². The average Bonchev–Trinajstić information content (AvgIpc) is 3.48. The zero-order valence-corrected chi connectivity index (χ0v) is 21.3. The highest BCUT2D eigenvalue weighted by atomic mass is 16.5. The van der Waals surface area contributed by atoms with E-state index < -0.39 is 17.9 Å². The molecule has 200 valence electrons. The third-order valence-electron chi connectivity index (χ3n) is 7.03. The van der Waals surface area contributed by atoms with Gasteiger partial charge in [0.25, 0.3) is 5.91 Å². The van der Waals surface area contributed by atoms with Gasteiger partial charge in [0, 0.05) is 48.9 Å². The number of carbonyl (C=O) groups excluding carboxylic acids is 3. The summed E-state index contributed by atoms with van der Waals surface area (Å²) >= 11 is 0. The number of nitrogens with zero attached hydrogens (tertiary/aromatic N) is 4. The quantitative estimate of drug-likeness (QED) is 0.398. The van der Waals surface area contributed by atoms with E-state index in [1.54, 1.807) is 12.1 Å². The van der Waals surface area contributed by atoms with Crippen LogP contribution in [0.1, 0.15) is 40.0 Å². The van der Waals surface area contributed by atoms with Crippen LogP contribution in [0.5, 0.6) is 5.75 Å². The number of morpholine rings is 1. The molecule has 1 saturated heterocycles. The Morgan fingerprint density at radius 1 is 1.18 bits per heavy atom. The third kappa shape index (κ3) is 5.34. The van der Waals surface area contributed by atoms with Crippen LogP contribution in [-0.4, -0.2) is 76.4 Å². The number of rotatable bonds is 10. The van der Waals surface area contributed by atoms with Crippen LogP contribution in [0.2, 0.25) is 0 Å². The van der Waals surface area contributed by atoms with Crippen molar-refractivity contribution >= 4 is 23.4 Å². The Labute approximate surface area is 220 Å². The van der Waals surface area contributed by atoms with Crippen molar-refractivity contribution in [3.63, 3.8) is 0 Å². The van der Waals surface area contributed by atoms with Crippen molar-refractivity contribution in [1.29, 1.82) is 0 Å². The minimum atomic E-state index is -0.921. The molecular weight excluding hydrogens is 490 g/mol. The van der Waals surface area contributed by atoms with Gasteiger partial charge in [-0.05, 0) is 24.6 Å². The summed E-state index contributed by atoms with van der Waals surface area (Å²) in [6.07, 6.45) is 4.00. The van der Waals surface area contributed by atoms with Crippen LogP contribution >= 0.6 is 0 Å². The molecule has 11 heteroatoms. The van der Waals surface area contributed by atoms with Crippen LogP contribution in [0.3, 0.4) is 0 Å². The molecule has 0 aliphatic carbocycles. The van der Waals surface area contributed by atoms with E-state index in [2.05, 4.69) is 19.0 Å². The number of imidazole rings is 1. The van der Waals surface area contributed by atoms with Gasteiger partial charge in [0.05, 0.1) is 38.8 Å². The molecule has 38 heavy (non-hydrogen) atoms. The maximum Gasteiger partial charge on any atom is 0.305 e. The van der Waals surface area contributed by atoms with Crippen LogP contribution < -0.4 is 10.5 Å². The number of benzene rings is 1. The molecule has 0 radical (unpaired) electrons. The fraction of sp³-hybridized carbons (Fsp3) is 0.407. The number of methoxy groups -OCH3 is 1. The summed E-state index contributed by atoms with van der Waals surface area (Å²) in [6.45, 7) is 4.51. The standard InChI is InChI=1S/C27H31N5O6/c1-36-25(33)8-6-22(26(28)34)32-16-21-20(27(32)35)3-2-4-23(21)38-17-18-5-7-24-29-13-19(31(24)14-18)15-30-9-11-37-12-10-30/h2-5,7,13-14,22H,6,8-12,15-17H2,1H3,(H2,28,34). The van der Waals surface area contributed by atoms with Crippen molar-refractivity contribution < 1.29 is 28.6 Å². The monoisotopic (exact) mass is 521 g/mol. The number of hydrogen-bond acceptors (Lipinski definition) is 8. The van der Waals surface area contributed by atoms with E-state index in [4.69, 9.17) is 15.2 Å². The summed E-state index contributed by atoms with van der Waals surface area (Å²) in [5.74, 6) is -0.882. The number of pyridine rings is 1. The fourth-order valence-electron chi connectivity index (χ4n) is 4.95. The number of carbonyl (C=O) groups is 3. The lowest BCUT2D eigenvalue weighted by Gasteiger charge is -2.26. The molecule has 5 rings (SSSR count). The highest BCUT2D eigenvalue weighted by Crippen LogP contribution is 2.33. The smallest absolute Gasteiger partial charge is 0.305 e. The van der Waals surface area contributed by atoms with E-state index >= 15 is 0 Å². The molecule has 1 aromatic carbocycles. The number of nitrogens with two attached hydrogens (primary N) is 1. The van der Waals surface area contributed by atoms with Gasteiger partial charge in [-0.25, -0.2) is 4.98 Å². The van der Waals surface area contributed by atoms with Gasteiger partial charge in [0.2, 0.25) is 5.91 Å². The second-order valence-electron chi connectivity index (χ2n) is 9.44. The lowest BCUT2D eigenvalue weighted by molar-refractivity contribution is -0.141. The van der Waals surface area contributed by atoms with Gasteiger partial charge >= 0.3 is 5.97 Å². The number of primary amides is 1. The van der Waals surface area contributed by atoms with Crippen LogP contribution in [0.25, 0.3) is 5.65 Å². The van der Waals surface area contributed by atoms with Gasteiger partial charge in [0.1, 0.15) is 24.0 Å². The predicted molar refractivity (Wildman–Crippen MR) is 136 cm³/mol. The normalized spacial score (nSPS) is 16.4. The van der Waals surface area contributed by atoms with Gasteiger partial charge in [-0.1, -0.05) is 12.1 Å². The number of esters is 1. The Morgan fingerprint density at radius 3 is 2.76 bits per heavy atom. The summed E-state index contributed by atoms with van der Waals surface area (Å²) in [7, 11) is 1.28. The average molecular weight is 522 g/mol. The lowest BCUT2D eigenvalue weighted by Crippen LogP contribution is -2.45. The van der Waals surface area contributed by atoms with Gasteiger partial charge in [-0.15, -0.1) is 0 Å². The molecule has 1 unspecified atom stereocenters. The summed E-state index contributed by atoms with van der Waals surface area (Å²) in [4.78, 5) is 45.1. The van der Waals surface area contributed by atoms with Crippen LogP contribution in [0, 0.1) is 0 Å². The number of fused-ring (bicyclic) bond motifs is 2. The van der Waals surface area contributed by atoms with Gasteiger partial charge in [-0.3, -0.25) is 19.3 Å². The van der Waals surface area contributed by atoms with E-state index in [9.17, 15) is 14.4 Å². The lowest BCUT2D eigenvalue weighted by atomic mass is 10.1. The first-order chi connectivity index (χ1) is 18.4. The first-order valence-corrected chi connectivity index (χ1v) is 12.6. The Morgan fingerprint density at radius 2 is 2.00 bits per heavy atom. The van der Waals surface area contributed by atoms with Crippen LogP contribution in [0.4, 0.5) is 0 Å². The number of hydrogen-bond donors (Lipinski definition) is 1. The van der Waals surface area contributed by atoms with Crippen molar-refractivity contribution in [2.24, 2.45) is 5.73 Å². The molecule has 0 spiro atoms. The third-order valence-corrected chi connectivity index (χ3v) is 7.03. The predicted octanol–water partition coefficient (Wildman–Crippen LogP) is 1.51. The summed E-state index contributed by atoms with van der Waals surface area (Å²) in [5, 5.41) is 0. The minimum Gasteiger partial charge on any atom is -0.488 e. The molecule has 0 saturated carbocycles. The van der Waals surface area contributed by atoms with Crippen LogP contribution in [-0.2, 0) is 38.8 Å². The molecule has 2 aliphatic heterocycles. The molecule has 2 aromatic heterocycles. The Balaban J connectivity index is 1.30. The molecule has 1 atom stereocenters. The number of amides is 2. The van der Waals surface area contributed by atoms with E-state index in [1.165, 1.54) is 12.0 Å². The summed E-state index contributed by atoms with van der Waals surface area (Å²) in [6, 6.07) is 8.28. The van der Waals surface area contributed by atoms with Crippen molar-refractivity contribution in [3.8, 4) is 5.75 Å². The van der Waals surface area contributed by atoms with Crippen molar-refractivity contribution in [2.75, 3.05) is 33.4 Å². The maximum absolute atomic E-state index is 13.1. The Hall–Kier alpha value is -3.96. The van der Waals surface area contributed by atoms with Crippen LogP contribution in [0.15, 0.2) is 42.7 Å². The largest absolute Gasteiger partial charge is 0.488 e. The second kappa shape index (κ2) is 11.2. The van der Waals surface area contributed by atoms with E-state index in [1.807, 2.05) is 30.6 Å². The molecule has 4 heterocycles. The Kier molecular flexibility index (Phi) is 7.57. The first kappa shape index (κ1) is 25.7. The highest BCUT2D eigenvalue weighted by molar-refractivity contribution is 6.01. The summed E-state index contributed by atoms with van der Waals surface area (Å²) in [5.41, 5.74) is 9.65. The SMILES string of the molecule is COC(=O)CCC(C(N)=O)N1Cc2c(OCc3ccc4ncc(CN5CCOCC5)n4c3)cccc2C1=O.